The van der Waals surface area contributed by atoms with Gasteiger partial charge in [0.2, 0.25) is 15.9 Å². The number of hydrogen-bond acceptors (Lipinski definition) is 5. The number of nitrogens with zero attached hydrogens (tertiary/aromatic N) is 2. The summed E-state index contributed by atoms with van der Waals surface area (Å²) in [6.45, 7) is 0. The SMILES string of the molecule is N#Cc1ccc(OC2CCC(NS(=O)(=O)c3cccc(F)c3)CC2)nc1. The largest absolute Gasteiger partial charge is 0.474 e. The minimum absolute atomic E-state index is 0.0506. The number of aromatic nitrogens is 1. The van der Waals surface area contributed by atoms with Crippen molar-refractivity contribution in [3.63, 3.8) is 0 Å². The van der Waals surface area contributed by atoms with Gasteiger partial charge in [0.05, 0.1) is 10.5 Å². The van der Waals surface area contributed by atoms with E-state index in [0.29, 0.717) is 37.1 Å². The molecular formula is C18H18FN3O3S. The Morgan fingerprint density at radius 2 is 1.96 bits per heavy atom. The van der Waals surface area contributed by atoms with Crippen LogP contribution in [0.4, 0.5) is 4.39 Å². The van der Waals surface area contributed by atoms with Gasteiger partial charge in [0.15, 0.2) is 0 Å². The van der Waals surface area contributed by atoms with Crippen molar-refractivity contribution < 1.29 is 17.5 Å². The molecule has 0 atom stereocenters. The fourth-order valence-electron chi connectivity index (χ4n) is 2.91. The Balaban J connectivity index is 1.54. The number of pyridine rings is 1. The summed E-state index contributed by atoms with van der Waals surface area (Å²) in [5, 5.41) is 8.76. The lowest BCUT2D eigenvalue weighted by Gasteiger charge is -2.29. The highest BCUT2D eigenvalue weighted by Crippen LogP contribution is 2.24. The van der Waals surface area contributed by atoms with Crippen molar-refractivity contribution in [3.05, 3.63) is 54.0 Å². The van der Waals surface area contributed by atoms with E-state index < -0.39 is 15.8 Å². The van der Waals surface area contributed by atoms with Crippen LogP contribution >= 0.6 is 0 Å². The molecule has 0 amide bonds. The molecule has 1 fully saturated rings. The first-order valence-corrected chi connectivity index (χ1v) is 9.75. The van der Waals surface area contributed by atoms with Crippen LogP contribution in [0.5, 0.6) is 5.88 Å². The molecule has 8 heteroatoms. The molecule has 6 nitrogen and oxygen atoms in total. The van der Waals surface area contributed by atoms with Gasteiger partial charge in [-0.2, -0.15) is 5.26 Å². The van der Waals surface area contributed by atoms with Crippen LogP contribution in [0.25, 0.3) is 0 Å². The third kappa shape index (κ3) is 4.56. The number of rotatable bonds is 5. The fourth-order valence-corrected chi connectivity index (χ4v) is 4.24. The van der Waals surface area contributed by atoms with Gasteiger partial charge in [-0.25, -0.2) is 22.5 Å². The van der Waals surface area contributed by atoms with E-state index in [1.54, 1.807) is 12.1 Å². The first-order chi connectivity index (χ1) is 12.5. The van der Waals surface area contributed by atoms with Crippen molar-refractivity contribution >= 4 is 10.0 Å². The maximum atomic E-state index is 13.2. The number of hydrogen-bond donors (Lipinski definition) is 1. The molecule has 136 valence electrons. The second-order valence-electron chi connectivity index (χ2n) is 6.17. The molecule has 1 aromatic carbocycles. The van der Waals surface area contributed by atoms with E-state index in [9.17, 15) is 12.8 Å². The van der Waals surface area contributed by atoms with Crippen LogP contribution in [0.1, 0.15) is 31.2 Å². The zero-order valence-corrected chi connectivity index (χ0v) is 14.7. The number of nitrogens with one attached hydrogen (secondary N) is 1. The third-order valence-electron chi connectivity index (χ3n) is 4.26. The highest BCUT2D eigenvalue weighted by Gasteiger charge is 2.27. The van der Waals surface area contributed by atoms with Crippen molar-refractivity contribution in [3.8, 4) is 11.9 Å². The Kier molecular flexibility index (Phi) is 5.49. The van der Waals surface area contributed by atoms with Crippen molar-refractivity contribution in [2.45, 2.75) is 42.7 Å². The average molecular weight is 375 g/mol. The predicted molar refractivity (Wildman–Crippen MR) is 92.3 cm³/mol. The van der Waals surface area contributed by atoms with E-state index in [1.807, 2.05) is 6.07 Å². The highest BCUT2D eigenvalue weighted by molar-refractivity contribution is 7.89. The molecule has 1 aliphatic carbocycles. The predicted octanol–water partition coefficient (Wildman–Crippen LogP) is 2.76. The third-order valence-corrected chi connectivity index (χ3v) is 5.77. The molecule has 1 aromatic heterocycles. The number of nitriles is 1. The normalized spacial score (nSPS) is 20.3. The number of sulfonamides is 1. The van der Waals surface area contributed by atoms with Crippen LogP contribution in [0.3, 0.4) is 0 Å². The van der Waals surface area contributed by atoms with Gasteiger partial charge in [0, 0.05) is 18.3 Å². The fraction of sp³-hybridized carbons (Fsp3) is 0.333. The molecule has 0 radical (unpaired) electrons. The monoisotopic (exact) mass is 375 g/mol. The van der Waals surface area contributed by atoms with Crippen LogP contribution < -0.4 is 9.46 Å². The smallest absolute Gasteiger partial charge is 0.240 e. The van der Waals surface area contributed by atoms with Crippen molar-refractivity contribution in [1.29, 1.82) is 5.26 Å². The summed E-state index contributed by atoms with van der Waals surface area (Å²) in [5.74, 6) is -0.132. The molecule has 0 bridgehead atoms. The van der Waals surface area contributed by atoms with E-state index in [4.69, 9.17) is 10.00 Å². The van der Waals surface area contributed by atoms with Gasteiger partial charge in [-0.15, -0.1) is 0 Å². The molecule has 0 unspecified atom stereocenters. The maximum absolute atomic E-state index is 13.2. The first-order valence-electron chi connectivity index (χ1n) is 8.27. The molecule has 0 spiro atoms. The Bertz CT molecular complexity index is 902. The van der Waals surface area contributed by atoms with E-state index in [-0.39, 0.29) is 17.0 Å². The second kappa shape index (κ2) is 7.81. The van der Waals surface area contributed by atoms with Crippen LogP contribution in [0.15, 0.2) is 47.5 Å². The summed E-state index contributed by atoms with van der Waals surface area (Å²) in [6, 6.07) is 10.0. The van der Waals surface area contributed by atoms with E-state index in [1.165, 1.54) is 24.4 Å². The molecule has 1 N–H and O–H groups in total. The quantitative estimate of drug-likeness (QED) is 0.867. The van der Waals surface area contributed by atoms with Crippen LogP contribution in [0, 0.1) is 17.1 Å². The lowest BCUT2D eigenvalue weighted by molar-refractivity contribution is 0.138. The molecule has 3 rings (SSSR count). The van der Waals surface area contributed by atoms with Crippen LogP contribution in [-0.2, 0) is 10.0 Å². The number of ether oxygens (including phenoxy) is 1. The van der Waals surface area contributed by atoms with Gasteiger partial charge >= 0.3 is 0 Å². The zero-order valence-electron chi connectivity index (χ0n) is 13.9. The Morgan fingerprint density at radius 3 is 2.58 bits per heavy atom. The van der Waals surface area contributed by atoms with Gasteiger partial charge in [-0.1, -0.05) is 6.07 Å². The van der Waals surface area contributed by atoms with Gasteiger partial charge in [0.25, 0.3) is 0 Å². The Labute approximate surface area is 151 Å². The standard InChI is InChI=1S/C18H18FN3O3S/c19-14-2-1-3-17(10-14)26(23,24)22-15-5-7-16(8-6-15)25-18-9-4-13(11-20)12-21-18/h1-4,9-10,12,15-16,22H,5-8H2. The molecule has 1 saturated carbocycles. The molecule has 2 aromatic rings. The molecule has 0 aliphatic heterocycles. The molecular weight excluding hydrogens is 357 g/mol. The lowest BCUT2D eigenvalue weighted by atomic mass is 9.94. The maximum Gasteiger partial charge on any atom is 0.240 e. The van der Waals surface area contributed by atoms with E-state index in [0.717, 1.165) is 6.07 Å². The van der Waals surface area contributed by atoms with Gasteiger partial charge in [-0.05, 0) is 49.9 Å². The number of benzene rings is 1. The molecule has 1 heterocycles. The Hall–Kier alpha value is -2.50. The van der Waals surface area contributed by atoms with Crippen molar-refractivity contribution in [2.75, 3.05) is 0 Å². The van der Waals surface area contributed by atoms with E-state index in [2.05, 4.69) is 9.71 Å². The summed E-state index contributed by atoms with van der Waals surface area (Å²) in [5.41, 5.74) is 0.466. The zero-order chi connectivity index (χ0) is 18.6. The molecule has 0 saturated heterocycles. The first kappa shape index (κ1) is 18.3. The van der Waals surface area contributed by atoms with Gasteiger partial charge in [-0.3, -0.25) is 0 Å². The summed E-state index contributed by atoms with van der Waals surface area (Å²) < 4.78 is 46.4. The van der Waals surface area contributed by atoms with Crippen LogP contribution in [0.2, 0.25) is 0 Å². The summed E-state index contributed by atoms with van der Waals surface area (Å²) in [7, 11) is -3.74. The molecule has 26 heavy (non-hydrogen) atoms. The average Bonchev–Trinajstić information content (AvgIpc) is 2.64. The topological polar surface area (TPSA) is 92.1 Å². The number of halogens is 1. The van der Waals surface area contributed by atoms with Crippen LogP contribution in [-0.4, -0.2) is 25.5 Å². The summed E-state index contributed by atoms with van der Waals surface area (Å²) >= 11 is 0. The van der Waals surface area contributed by atoms with Gasteiger partial charge in [0.1, 0.15) is 18.0 Å². The molecule has 1 aliphatic rings. The van der Waals surface area contributed by atoms with Gasteiger partial charge < -0.3 is 4.74 Å². The van der Waals surface area contributed by atoms with E-state index >= 15 is 0 Å². The Morgan fingerprint density at radius 1 is 1.19 bits per heavy atom. The lowest BCUT2D eigenvalue weighted by Crippen LogP contribution is -2.39. The van der Waals surface area contributed by atoms with Crippen molar-refractivity contribution in [2.24, 2.45) is 0 Å². The van der Waals surface area contributed by atoms with Crippen molar-refractivity contribution in [1.82, 2.24) is 9.71 Å². The summed E-state index contributed by atoms with van der Waals surface area (Å²) in [6.07, 6.45) is 4.00. The second-order valence-corrected chi connectivity index (χ2v) is 7.88. The summed E-state index contributed by atoms with van der Waals surface area (Å²) in [4.78, 5) is 4.01. The minimum Gasteiger partial charge on any atom is -0.474 e. The highest BCUT2D eigenvalue weighted by atomic mass is 32.2. The minimum atomic E-state index is -3.74.